The summed E-state index contributed by atoms with van der Waals surface area (Å²) in [4.78, 5) is 0. The number of fused-ring (bicyclic) bond motifs is 12. The molecule has 1 aliphatic carbocycles. The molecule has 3 heterocycles. The summed E-state index contributed by atoms with van der Waals surface area (Å²) in [7, 11) is 0. The average Bonchev–Trinajstić information content (AvgIpc) is 3.91. The van der Waals surface area contributed by atoms with Gasteiger partial charge in [0.2, 0.25) is 0 Å². The molecular weight excluding hydrogens is 657 g/mol. The molecule has 0 atom stereocenters. The molecular formula is C51H34N2O. The minimum Gasteiger partial charge on any atom is -0.456 e. The van der Waals surface area contributed by atoms with Crippen molar-refractivity contribution in [2.75, 3.05) is 0 Å². The molecule has 0 saturated carbocycles. The van der Waals surface area contributed by atoms with Gasteiger partial charge in [-0.2, -0.15) is 0 Å². The Morgan fingerprint density at radius 1 is 0.370 bits per heavy atom. The number of hydrogen-bond acceptors (Lipinski definition) is 1. The van der Waals surface area contributed by atoms with E-state index in [2.05, 4.69) is 187 Å². The summed E-state index contributed by atoms with van der Waals surface area (Å²) < 4.78 is 11.2. The maximum absolute atomic E-state index is 6.39. The molecule has 0 N–H and O–H groups in total. The highest BCUT2D eigenvalue weighted by molar-refractivity contribution is 6.18. The van der Waals surface area contributed by atoms with Crippen LogP contribution in [0.25, 0.3) is 99.2 Å². The molecule has 12 rings (SSSR count). The summed E-state index contributed by atoms with van der Waals surface area (Å²) in [6, 6.07) is 62.2. The molecule has 0 spiro atoms. The smallest absolute Gasteiger partial charge is 0.137 e. The number of aromatic nitrogens is 2. The van der Waals surface area contributed by atoms with Crippen molar-refractivity contribution in [2.45, 2.75) is 19.3 Å². The molecule has 3 aromatic heterocycles. The fourth-order valence-electron chi connectivity index (χ4n) is 9.52. The highest BCUT2D eigenvalue weighted by atomic mass is 16.3. The van der Waals surface area contributed by atoms with E-state index in [0.717, 1.165) is 33.1 Å². The summed E-state index contributed by atoms with van der Waals surface area (Å²) in [5.41, 5.74) is 16.7. The van der Waals surface area contributed by atoms with Crippen molar-refractivity contribution < 1.29 is 4.42 Å². The van der Waals surface area contributed by atoms with Crippen molar-refractivity contribution in [1.82, 2.24) is 9.13 Å². The molecule has 8 aromatic carbocycles. The first-order valence-corrected chi connectivity index (χ1v) is 18.8. The van der Waals surface area contributed by atoms with E-state index in [0.29, 0.717) is 0 Å². The number of para-hydroxylation sites is 3. The second-order valence-corrected chi connectivity index (χ2v) is 15.4. The molecule has 0 unspecified atom stereocenters. The molecule has 0 radical (unpaired) electrons. The Kier molecular flexibility index (Phi) is 5.84. The predicted molar refractivity (Wildman–Crippen MR) is 225 cm³/mol. The van der Waals surface area contributed by atoms with Gasteiger partial charge in [0.25, 0.3) is 0 Å². The second kappa shape index (κ2) is 10.6. The number of nitrogens with zero attached hydrogens (tertiary/aromatic N) is 2. The second-order valence-electron chi connectivity index (χ2n) is 15.4. The van der Waals surface area contributed by atoms with Gasteiger partial charge in [-0.05, 0) is 100 Å². The number of benzene rings is 8. The Hall–Kier alpha value is -6.84. The Balaban J connectivity index is 1.12. The lowest BCUT2D eigenvalue weighted by Crippen LogP contribution is -2.14. The molecule has 0 saturated heterocycles. The van der Waals surface area contributed by atoms with E-state index in [1.165, 1.54) is 77.2 Å². The van der Waals surface area contributed by atoms with E-state index in [9.17, 15) is 0 Å². The van der Waals surface area contributed by atoms with Crippen LogP contribution in [0, 0.1) is 0 Å². The van der Waals surface area contributed by atoms with E-state index in [4.69, 9.17) is 4.42 Å². The van der Waals surface area contributed by atoms with Crippen LogP contribution in [0.3, 0.4) is 0 Å². The third-order valence-corrected chi connectivity index (χ3v) is 12.1. The van der Waals surface area contributed by atoms with Gasteiger partial charge in [-0.1, -0.05) is 111 Å². The Labute approximate surface area is 311 Å². The van der Waals surface area contributed by atoms with Crippen LogP contribution in [0.4, 0.5) is 0 Å². The number of rotatable bonds is 3. The van der Waals surface area contributed by atoms with E-state index < -0.39 is 0 Å². The third kappa shape index (κ3) is 3.96. The number of furan rings is 1. The molecule has 54 heavy (non-hydrogen) atoms. The van der Waals surface area contributed by atoms with Gasteiger partial charge in [-0.15, -0.1) is 0 Å². The summed E-state index contributed by atoms with van der Waals surface area (Å²) in [5.74, 6) is 0. The minimum absolute atomic E-state index is 0.0778. The first-order valence-electron chi connectivity index (χ1n) is 18.8. The zero-order valence-electron chi connectivity index (χ0n) is 30.0. The maximum atomic E-state index is 6.39. The monoisotopic (exact) mass is 690 g/mol. The molecule has 3 nitrogen and oxygen atoms in total. The molecule has 0 fully saturated rings. The van der Waals surface area contributed by atoms with E-state index >= 15 is 0 Å². The normalized spacial score (nSPS) is 13.5. The lowest BCUT2D eigenvalue weighted by molar-refractivity contribution is 0.661. The lowest BCUT2D eigenvalue weighted by atomic mass is 9.82. The quantitative estimate of drug-likeness (QED) is 0.181. The van der Waals surface area contributed by atoms with Gasteiger partial charge in [-0.25, -0.2) is 0 Å². The summed E-state index contributed by atoms with van der Waals surface area (Å²) in [5, 5.41) is 7.27. The van der Waals surface area contributed by atoms with Gasteiger partial charge in [0.1, 0.15) is 11.2 Å². The highest BCUT2D eigenvalue weighted by Crippen LogP contribution is 2.51. The third-order valence-electron chi connectivity index (χ3n) is 12.1. The van der Waals surface area contributed by atoms with Gasteiger partial charge in [0, 0.05) is 55.2 Å². The van der Waals surface area contributed by atoms with Crippen molar-refractivity contribution in [3.05, 3.63) is 181 Å². The van der Waals surface area contributed by atoms with Crippen molar-refractivity contribution in [3.8, 4) is 33.6 Å². The van der Waals surface area contributed by atoms with E-state index in [1.807, 2.05) is 6.07 Å². The van der Waals surface area contributed by atoms with E-state index in [1.54, 1.807) is 0 Å². The Bertz CT molecular complexity index is 3340. The zero-order chi connectivity index (χ0) is 35.7. The van der Waals surface area contributed by atoms with Crippen LogP contribution in [0.15, 0.2) is 174 Å². The largest absolute Gasteiger partial charge is 0.456 e. The van der Waals surface area contributed by atoms with Crippen molar-refractivity contribution >= 4 is 65.6 Å². The van der Waals surface area contributed by atoms with E-state index in [-0.39, 0.29) is 5.41 Å². The highest BCUT2D eigenvalue weighted by Gasteiger charge is 2.36. The lowest BCUT2D eigenvalue weighted by Gasteiger charge is -2.21. The summed E-state index contributed by atoms with van der Waals surface area (Å²) in [6.07, 6.45) is 0. The molecule has 0 bridgehead atoms. The van der Waals surface area contributed by atoms with Gasteiger partial charge >= 0.3 is 0 Å². The molecule has 254 valence electrons. The van der Waals surface area contributed by atoms with Gasteiger partial charge in [0.05, 0.1) is 22.1 Å². The molecule has 0 aliphatic heterocycles. The van der Waals surface area contributed by atoms with Crippen LogP contribution in [-0.4, -0.2) is 9.13 Å². The fraction of sp³-hybridized carbons (Fsp3) is 0.0588. The molecule has 3 heteroatoms. The Morgan fingerprint density at radius 2 is 0.981 bits per heavy atom. The van der Waals surface area contributed by atoms with Crippen molar-refractivity contribution in [2.24, 2.45) is 0 Å². The van der Waals surface area contributed by atoms with Crippen LogP contribution in [0.2, 0.25) is 0 Å². The Morgan fingerprint density at radius 3 is 1.80 bits per heavy atom. The van der Waals surface area contributed by atoms with Crippen molar-refractivity contribution in [3.63, 3.8) is 0 Å². The first kappa shape index (κ1) is 29.7. The standard InChI is InChI=1S/C51H34N2O/c1-51(2)43-19-11-9-17-35(43)38-27-41-39-25-31(22-24-45(39)52(47(41)29-44(38)51)33-13-5-3-6-14-33)32-21-23-36-40-28-42-37-18-10-12-20-49(37)54-50(42)30-48(40)53(46(36)26-32)34-15-7-4-8-16-34/h3-30H,1-2H3. The SMILES string of the molecule is CC1(C)c2ccccc2-c2cc3c4cc(-c5ccc6c7cc8c(cc7n(-c7ccccc7)c6c5)oc5ccccc58)ccc4n(-c4ccccc4)c3cc21. The zero-order valence-corrected chi connectivity index (χ0v) is 30.0. The molecule has 1 aliphatic rings. The van der Waals surface area contributed by atoms with Crippen molar-refractivity contribution in [1.29, 1.82) is 0 Å². The van der Waals surface area contributed by atoms with Crippen LogP contribution >= 0.6 is 0 Å². The first-order chi connectivity index (χ1) is 26.5. The van der Waals surface area contributed by atoms with Crippen LogP contribution in [0.1, 0.15) is 25.0 Å². The molecule has 11 aromatic rings. The topological polar surface area (TPSA) is 23.0 Å². The van der Waals surface area contributed by atoms with Gasteiger partial charge in [-0.3, -0.25) is 0 Å². The number of hydrogen-bond donors (Lipinski definition) is 0. The van der Waals surface area contributed by atoms with Gasteiger partial charge in [0.15, 0.2) is 0 Å². The summed E-state index contributed by atoms with van der Waals surface area (Å²) in [6.45, 7) is 4.73. The van der Waals surface area contributed by atoms with Crippen LogP contribution < -0.4 is 0 Å². The average molecular weight is 691 g/mol. The maximum Gasteiger partial charge on any atom is 0.137 e. The predicted octanol–water partition coefficient (Wildman–Crippen LogP) is 13.8. The van der Waals surface area contributed by atoms with Gasteiger partial charge < -0.3 is 13.6 Å². The summed E-state index contributed by atoms with van der Waals surface area (Å²) >= 11 is 0. The van der Waals surface area contributed by atoms with Crippen LogP contribution in [-0.2, 0) is 5.41 Å². The fourth-order valence-corrected chi connectivity index (χ4v) is 9.52. The molecule has 0 amide bonds. The van der Waals surface area contributed by atoms with Crippen LogP contribution in [0.5, 0.6) is 0 Å². The minimum atomic E-state index is -0.0778.